The lowest BCUT2D eigenvalue weighted by atomic mass is 10.2. The number of nitrogens with one attached hydrogen (secondary N) is 1. The Morgan fingerprint density at radius 3 is 2.82 bits per heavy atom. The first kappa shape index (κ1) is 11.5. The van der Waals surface area contributed by atoms with Crippen LogP contribution in [0, 0.1) is 11.3 Å². The highest BCUT2D eigenvalue weighted by Gasteiger charge is 2.16. The second-order valence-electron chi connectivity index (χ2n) is 3.31. The maximum Gasteiger partial charge on any atom is 0.243 e. The zero-order chi connectivity index (χ0) is 12.3. The first-order valence-electron chi connectivity index (χ1n) is 4.85. The maximum atomic E-state index is 11.9. The third kappa shape index (κ3) is 2.25. The summed E-state index contributed by atoms with van der Waals surface area (Å²) in [5, 5.41) is 9.14. The highest BCUT2D eigenvalue weighted by atomic mass is 32.2. The highest BCUT2D eigenvalue weighted by Crippen LogP contribution is 2.19. The van der Waals surface area contributed by atoms with Gasteiger partial charge in [-0.25, -0.2) is 8.42 Å². The van der Waals surface area contributed by atoms with Crippen molar-refractivity contribution < 1.29 is 8.42 Å². The zero-order valence-electron chi connectivity index (χ0n) is 8.79. The number of hydrogen-bond acceptors (Lipinski definition) is 4. The van der Waals surface area contributed by atoms with Crippen LogP contribution in [0.2, 0.25) is 0 Å². The second kappa shape index (κ2) is 4.49. The number of aromatic nitrogens is 1. The molecule has 0 aliphatic carbocycles. The van der Waals surface area contributed by atoms with Crippen LogP contribution in [0.25, 0.3) is 10.9 Å². The maximum absolute atomic E-state index is 11.9. The number of hydrogen-bond donors (Lipinski definition) is 1. The third-order valence-electron chi connectivity index (χ3n) is 2.23. The van der Waals surface area contributed by atoms with Gasteiger partial charge in [0.2, 0.25) is 10.0 Å². The molecule has 86 valence electrons. The molecule has 0 fully saturated rings. The van der Waals surface area contributed by atoms with E-state index in [1.54, 1.807) is 30.3 Å². The summed E-state index contributed by atoms with van der Waals surface area (Å²) in [6, 6.07) is 10.1. The van der Waals surface area contributed by atoms with Gasteiger partial charge >= 0.3 is 0 Å². The molecule has 0 aliphatic heterocycles. The van der Waals surface area contributed by atoms with Crippen molar-refractivity contribution in [2.45, 2.75) is 4.90 Å². The Morgan fingerprint density at radius 2 is 2.06 bits per heavy atom. The predicted molar refractivity (Wildman–Crippen MR) is 62.5 cm³/mol. The van der Waals surface area contributed by atoms with Gasteiger partial charge in [0.1, 0.15) is 4.90 Å². The van der Waals surface area contributed by atoms with Gasteiger partial charge in [-0.1, -0.05) is 18.2 Å². The van der Waals surface area contributed by atoms with E-state index in [0.717, 1.165) is 5.39 Å². The molecule has 0 spiro atoms. The van der Waals surface area contributed by atoms with E-state index >= 15 is 0 Å². The summed E-state index contributed by atoms with van der Waals surface area (Å²) in [4.78, 5) is 4.14. The number of para-hydroxylation sites is 1. The molecule has 17 heavy (non-hydrogen) atoms. The van der Waals surface area contributed by atoms with Crippen LogP contribution in [0.4, 0.5) is 0 Å². The summed E-state index contributed by atoms with van der Waals surface area (Å²) in [5.74, 6) is 0. The summed E-state index contributed by atoms with van der Waals surface area (Å²) < 4.78 is 26.0. The molecule has 0 saturated carbocycles. The van der Waals surface area contributed by atoms with Gasteiger partial charge in [0.15, 0.2) is 0 Å². The van der Waals surface area contributed by atoms with Crippen LogP contribution >= 0.6 is 0 Å². The minimum atomic E-state index is -3.68. The number of nitrogens with zero attached hydrogens (tertiary/aromatic N) is 2. The van der Waals surface area contributed by atoms with Crippen molar-refractivity contribution in [3.8, 4) is 6.07 Å². The predicted octanol–water partition coefficient (Wildman–Crippen LogP) is 1.04. The van der Waals surface area contributed by atoms with Crippen LogP contribution < -0.4 is 4.72 Å². The largest absolute Gasteiger partial charge is 0.255 e. The van der Waals surface area contributed by atoms with Crippen LogP contribution in [-0.2, 0) is 10.0 Å². The van der Waals surface area contributed by atoms with Gasteiger partial charge in [0.05, 0.1) is 18.1 Å². The van der Waals surface area contributed by atoms with Crippen molar-refractivity contribution in [1.29, 1.82) is 5.26 Å². The normalized spacial score (nSPS) is 11.2. The Morgan fingerprint density at radius 1 is 1.29 bits per heavy atom. The quantitative estimate of drug-likeness (QED) is 0.821. The Labute approximate surface area is 98.8 Å². The fourth-order valence-corrected chi connectivity index (χ4v) is 2.59. The van der Waals surface area contributed by atoms with E-state index in [1.807, 2.05) is 0 Å². The van der Waals surface area contributed by atoms with Gasteiger partial charge in [-0.3, -0.25) is 4.98 Å². The minimum absolute atomic E-state index is 0.0888. The summed E-state index contributed by atoms with van der Waals surface area (Å²) in [7, 11) is -3.68. The fraction of sp³-hybridized carbons (Fsp3) is 0.0909. The smallest absolute Gasteiger partial charge is 0.243 e. The molecule has 0 bridgehead atoms. The van der Waals surface area contributed by atoms with E-state index in [9.17, 15) is 8.42 Å². The van der Waals surface area contributed by atoms with Crippen LogP contribution in [0.3, 0.4) is 0 Å². The molecule has 1 aromatic heterocycles. The van der Waals surface area contributed by atoms with Gasteiger partial charge in [0, 0.05) is 11.6 Å². The molecular weight excluding hydrogens is 238 g/mol. The molecule has 0 saturated heterocycles. The summed E-state index contributed by atoms with van der Waals surface area (Å²) in [6.45, 7) is -0.258. The lowest BCUT2D eigenvalue weighted by Gasteiger charge is -2.06. The standard InChI is InChI=1S/C11H9N3O2S/c12-6-8-14-17(15,16)10-5-1-3-9-4-2-7-13-11(9)10/h1-5,7,14H,8H2. The lowest BCUT2D eigenvalue weighted by molar-refractivity contribution is 0.586. The Bertz CT molecular complexity index is 684. The van der Waals surface area contributed by atoms with Gasteiger partial charge in [-0.15, -0.1) is 0 Å². The Balaban J connectivity index is 2.60. The molecule has 1 aromatic carbocycles. The van der Waals surface area contributed by atoms with Crippen molar-refractivity contribution >= 4 is 20.9 Å². The molecule has 2 rings (SSSR count). The second-order valence-corrected chi connectivity index (χ2v) is 5.05. The lowest BCUT2D eigenvalue weighted by Crippen LogP contribution is -2.24. The van der Waals surface area contributed by atoms with Crippen molar-refractivity contribution in [2.24, 2.45) is 0 Å². The van der Waals surface area contributed by atoms with Crippen molar-refractivity contribution in [3.63, 3.8) is 0 Å². The van der Waals surface area contributed by atoms with Gasteiger partial charge in [-0.2, -0.15) is 9.98 Å². The molecule has 6 heteroatoms. The van der Waals surface area contributed by atoms with Crippen LogP contribution in [0.5, 0.6) is 0 Å². The van der Waals surface area contributed by atoms with E-state index in [0.29, 0.717) is 5.52 Å². The molecular formula is C11H9N3O2S. The fourth-order valence-electron chi connectivity index (χ4n) is 1.50. The van der Waals surface area contributed by atoms with E-state index < -0.39 is 10.0 Å². The summed E-state index contributed by atoms with van der Waals surface area (Å²) in [5.41, 5.74) is 0.403. The van der Waals surface area contributed by atoms with Crippen LogP contribution in [0.15, 0.2) is 41.4 Å². The molecule has 0 radical (unpaired) electrons. The zero-order valence-corrected chi connectivity index (χ0v) is 9.61. The van der Waals surface area contributed by atoms with Crippen LogP contribution in [-0.4, -0.2) is 19.9 Å². The number of fused-ring (bicyclic) bond motifs is 1. The molecule has 1 N–H and O–H groups in total. The van der Waals surface area contributed by atoms with Crippen LogP contribution in [0.1, 0.15) is 0 Å². The number of rotatable bonds is 3. The summed E-state index contributed by atoms with van der Waals surface area (Å²) >= 11 is 0. The molecule has 2 aromatic rings. The Kier molecular flexibility index (Phi) is 3.04. The van der Waals surface area contributed by atoms with E-state index in [1.165, 1.54) is 12.3 Å². The van der Waals surface area contributed by atoms with Gasteiger partial charge in [-0.05, 0) is 12.1 Å². The molecule has 0 atom stereocenters. The third-order valence-corrected chi connectivity index (χ3v) is 3.66. The first-order valence-corrected chi connectivity index (χ1v) is 6.34. The number of pyridine rings is 1. The molecule has 1 heterocycles. The van der Waals surface area contributed by atoms with Crippen molar-refractivity contribution in [3.05, 3.63) is 36.5 Å². The van der Waals surface area contributed by atoms with E-state index in [-0.39, 0.29) is 11.4 Å². The number of sulfonamides is 1. The number of benzene rings is 1. The number of nitriles is 1. The van der Waals surface area contributed by atoms with E-state index in [4.69, 9.17) is 5.26 Å². The van der Waals surface area contributed by atoms with Crippen molar-refractivity contribution in [1.82, 2.24) is 9.71 Å². The average molecular weight is 247 g/mol. The molecule has 0 amide bonds. The Hall–Kier alpha value is -1.97. The van der Waals surface area contributed by atoms with Crippen molar-refractivity contribution in [2.75, 3.05) is 6.54 Å². The van der Waals surface area contributed by atoms with E-state index in [2.05, 4.69) is 9.71 Å². The van der Waals surface area contributed by atoms with Gasteiger partial charge in [0.25, 0.3) is 0 Å². The molecule has 0 unspecified atom stereocenters. The average Bonchev–Trinajstić information content (AvgIpc) is 2.36. The molecule has 5 nitrogen and oxygen atoms in total. The monoisotopic (exact) mass is 247 g/mol. The first-order chi connectivity index (χ1) is 8.15. The SMILES string of the molecule is N#CCNS(=O)(=O)c1cccc2cccnc12. The van der Waals surface area contributed by atoms with Gasteiger partial charge < -0.3 is 0 Å². The minimum Gasteiger partial charge on any atom is -0.255 e. The summed E-state index contributed by atoms with van der Waals surface area (Å²) in [6.07, 6.45) is 1.53. The molecule has 0 aliphatic rings. The highest BCUT2D eigenvalue weighted by molar-refractivity contribution is 7.89. The topological polar surface area (TPSA) is 82.9 Å².